The van der Waals surface area contributed by atoms with Gasteiger partial charge in [0.25, 0.3) is 0 Å². The van der Waals surface area contributed by atoms with Crippen LogP contribution in [0.1, 0.15) is 63.0 Å². The number of Topliss-reactive ketones (excluding diaryl/α,β-unsaturated/α-hetero) is 1. The number of nitrogens with zero attached hydrogens (tertiary/aromatic N) is 2. The summed E-state index contributed by atoms with van der Waals surface area (Å²) < 4.78 is 25.9. The molecule has 0 heterocycles. The average molecular weight is 564 g/mol. The van der Waals surface area contributed by atoms with Crippen molar-refractivity contribution in [3.05, 3.63) is 95.1 Å². The molecule has 0 N–H and O–H groups in total. The highest BCUT2D eigenvalue weighted by Crippen LogP contribution is 2.48. The summed E-state index contributed by atoms with van der Waals surface area (Å²) in [6.07, 6.45) is 8.40. The fraction of sp³-hybridized carbons (Fsp3) is 0.394. The van der Waals surface area contributed by atoms with Crippen molar-refractivity contribution in [1.82, 2.24) is 0 Å². The lowest BCUT2D eigenvalue weighted by Crippen LogP contribution is -2.21. The molecule has 0 fully saturated rings. The van der Waals surface area contributed by atoms with Gasteiger partial charge < -0.3 is 13.9 Å². The molecule has 3 rings (SSSR count). The van der Waals surface area contributed by atoms with E-state index in [1.807, 2.05) is 12.1 Å². The van der Waals surface area contributed by atoms with Crippen molar-refractivity contribution < 1.29 is 23.0 Å². The lowest BCUT2D eigenvalue weighted by atomic mass is 9.90. The third-order valence-corrected chi connectivity index (χ3v) is 9.03. The highest BCUT2D eigenvalue weighted by molar-refractivity contribution is 7.54. The molecule has 40 heavy (non-hydrogen) atoms. The zero-order valence-electron chi connectivity index (χ0n) is 24.9. The van der Waals surface area contributed by atoms with Crippen molar-refractivity contribution in [1.29, 1.82) is 0 Å². The van der Waals surface area contributed by atoms with Crippen LogP contribution in [0, 0.1) is 0 Å². The first-order chi connectivity index (χ1) is 19.3. The van der Waals surface area contributed by atoms with Crippen LogP contribution in [0.25, 0.3) is 5.57 Å². The summed E-state index contributed by atoms with van der Waals surface area (Å²) in [7, 11) is -3.47. The fourth-order valence-electron chi connectivity index (χ4n) is 4.97. The maximum Gasteiger partial charge on any atom is 0.338 e. The van der Waals surface area contributed by atoms with Crippen LogP contribution < -0.4 is 4.90 Å². The Balaban J connectivity index is 2.02. The van der Waals surface area contributed by atoms with Gasteiger partial charge in [0, 0.05) is 36.5 Å². The Kier molecular flexibility index (Phi) is 11.9. The van der Waals surface area contributed by atoms with Crippen molar-refractivity contribution in [3.8, 4) is 0 Å². The van der Waals surface area contributed by atoms with Crippen molar-refractivity contribution >= 4 is 30.4 Å². The van der Waals surface area contributed by atoms with E-state index in [9.17, 15) is 9.36 Å². The quantitative estimate of drug-likeness (QED) is 0.136. The van der Waals surface area contributed by atoms with E-state index in [0.29, 0.717) is 5.56 Å². The van der Waals surface area contributed by atoms with Gasteiger partial charge in [-0.1, -0.05) is 36.4 Å². The smallest absolute Gasteiger partial charge is 0.338 e. The van der Waals surface area contributed by atoms with E-state index in [-0.39, 0.29) is 25.2 Å². The molecule has 0 saturated heterocycles. The van der Waals surface area contributed by atoms with Crippen molar-refractivity contribution in [3.63, 3.8) is 0 Å². The van der Waals surface area contributed by atoms with Crippen LogP contribution in [0.5, 0.6) is 0 Å². The maximum atomic E-state index is 13.0. The minimum Gasteiger partial charge on any atom is -0.372 e. The molecular weight excluding hydrogens is 519 g/mol. The molecule has 0 atom stereocenters. The largest absolute Gasteiger partial charge is 0.372 e. The van der Waals surface area contributed by atoms with Crippen LogP contribution in [0.4, 0.5) is 5.69 Å². The van der Waals surface area contributed by atoms with Gasteiger partial charge >= 0.3 is 7.60 Å². The molecule has 214 valence electrons. The molecular formula is C33H44N2O4P+. The standard InChI is InChI=1S/C33H44N2O4P/c1-7-34(8-2)30-21-17-28(18-22-30)33(29-19-23-31(24-20-29)35(9-3)10-4)27-15-13-26(14-16-27)32(36)25-40(37,38-11-5)39-12-6/h13-24H,7-12,25H2,1-6H3/q+1. The van der Waals surface area contributed by atoms with Gasteiger partial charge in [-0.2, -0.15) is 0 Å². The van der Waals surface area contributed by atoms with E-state index in [1.54, 1.807) is 26.0 Å². The number of hydrogen-bond acceptors (Lipinski definition) is 5. The number of hydrogen-bond donors (Lipinski definition) is 0. The molecule has 2 aromatic rings. The molecule has 6 nitrogen and oxygen atoms in total. The highest BCUT2D eigenvalue weighted by Gasteiger charge is 2.28. The third-order valence-electron chi connectivity index (χ3n) is 7.05. The minimum atomic E-state index is -3.47. The summed E-state index contributed by atoms with van der Waals surface area (Å²) in [4.78, 5) is 15.3. The minimum absolute atomic E-state index is 0.224. The number of rotatable bonds is 14. The van der Waals surface area contributed by atoms with Crippen molar-refractivity contribution in [2.24, 2.45) is 0 Å². The van der Waals surface area contributed by atoms with Crippen LogP contribution >= 0.6 is 7.60 Å². The average Bonchev–Trinajstić information content (AvgIpc) is 2.96. The van der Waals surface area contributed by atoms with Crippen LogP contribution in [-0.4, -0.2) is 61.6 Å². The number of allylic oxidation sites excluding steroid dienone is 5. The van der Waals surface area contributed by atoms with Gasteiger partial charge in [-0.15, -0.1) is 0 Å². The molecule has 1 aliphatic rings. The Bertz CT molecular complexity index is 1280. The molecule has 0 aliphatic heterocycles. The van der Waals surface area contributed by atoms with E-state index in [4.69, 9.17) is 9.05 Å². The second-order valence-corrected chi connectivity index (χ2v) is 11.5. The number of benzene rings is 2. The summed E-state index contributed by atoms with van der Waals surface area (Å²) in [5.41, 5.74) is 7.16. The normalized spacial score (nSPS) is 13.1. The topological polar surface area (TPSA) is 58.9 Å². The van der Waals surface area contributed by atoms with Gasteiger partial charge in [0.15, 0.2) is 11.5 Å². The van der Waals surface area contributed by atoms with Crippen LogP contribution in [0.2, 0.25) is 0 Å². The summed E-state index contributed by atoms with van der Waals surface area (Å²) in [5, 5.41) is 0. The van der Waals surface area contributed by atoms with Crippen molar-refractivity contribution in [2.75, 3.05) is 50.5 Å². The second kappa shape index (κ2) is 15.1. The predicted octanol–water partition coefficient (Wildman–Crippen LogP) is 7.40. The van der Waals surface area contributed by atoms with Gasteiger partial charge in [-0.05, 0) is 88.1 Å². The van der Waals surface area contributed by atoms with Gasteiger partial charge in [-0.3, -0.25) is 9.36 Å². The van der Waals surface area contributed by atoms with E-state index < -0.39 is 7.60 Å². The van der Waals surface area contributed by atoms with Gasteiger partial charge in [0.1, 0.15) is 19.3 Å². The lowest BCUT2D eigenvalue weighted by Gasteiger charge is -2.22. The van der Waals surface area contributed by atoms with Crippen LogP contribution in [0.15, 0.2) is 78.4 Å². The molecule has 0 bridgehead atoms. The molecule has 0 saturated carbocycles. The van der Waals surface area contributed by atoms with Gasteiger partial charge in [0.2, 0.25) is 0 Å². The summed E-state index contributed by atoms with van der Waals surface area (Å²) >= 11 is 0. The number of ketones is 1. The summed E-state index contributed by atoms with van der Waals surface area (Å²) in [6.45, 7) is 16.4. The monoisotopic (exact) mass is 563 g/mol. The van der Waals surface area contributed by atoms with Gasteiger partial charge in [-0.25, -0.2) is 4.58 Å². The van der Waals surface area contributed by atoms with E-state index in [2.05, 4.69) is 85.7 Å². The predicted molar refractivity (Wildman–Crippen MR) is 167 cm³/mol. The number of anilines is 1. The zero-order chi connectivity index (χ0) is 29.1. The Hall–Kier alpha value is -3.05. The van der Waals surface area contributed by atoms with Gasteiger partial charge in [0.05, 0.1) is 13.2 Å². The Morgan fingerprint density at radius 3 is 1.65 bits per heavy atom. The third kappa shape index (κ3) is 7.78. The van der Waals surface area contributed by atoms with E-state index in [0.717, 1.165) is 48.5 Å². The summed E-state index contributed by atoms with van der Waals surface area (Å²) in [5.74, 6) is -0.259. The fourth-order valence-corrected chi connectivity index (χ4v) is 6.55. The lowest BCUT2D eigenvalue weighted by molar-refractivity contribution is -0.519. The summed E-state index contributed by atoms with van der Waals surface area (Å²) in [6, 6.07) is 16.2. The Labute approximate surface area is 240 Å². The molecule has 7 heteroatoms. The Morgan fingerprint density at radius 1 is 0.725 bits per heavy atom. The molecule has 0 aromatic heterocycles. The first kappa shape index (κ1) is 31.5. The molecule has 0 amide bonds. The number of carbonyl (C=O) groups is 1. The van der Waals surface area contributed by atoms with Crippen LogP contribution in [0.3, 0.4) is 0 Å². The van der Waals surface area contributed by atoms with Crippen molar-refractivity contribution in [2.45, 2.75) is 41.5 Å². The number of carbonyl (C=O) groups excluding carboxylic acids is 1. The van der Waals surface area contributed by atoms with E-state index >= 15 is 0 Å². The SMILES string of the molecule is CCOP(=O)(CC(=O)c1ccc(C(=C2C=CC(=[N+](CC)CC)C=C2)c2ccc(N(CC)CC)cc2)cc1)OCC. The first-order valence-electron chi connectivity index (χ1n) is 14.4. The molecule has 0 unspecified atom stereocenters. The molecule has 0 spiro atoms. The molecule has 0 radical (unpaired) electrons. The Morgan fingerprint density at radius 2 is 1.20 bits per heavy atom. The van der Waals surface area contributed by atoms with E-state index in [1.165, 1.54) is 11.4 Å². The molecule has 1 aliphatic carbocycles. The zero-order valence-corrected chi connectivity index (χ0v) is 25.7. The van der Waals surface area contributed by atoms with Crippen LogP contribution in [-0.2, 0) is 13.6 Å². The maximum absolute atomic E-state index is 13.0. The molecule has 2 aromatic carbocycles. The second-order valence-electron chi connectivity index (χ2n) is 9.42. The highest BCUT2D eigenvalue weighted by atomic mass is 31.2. The first-order valence-corrected chi connectivity index (χ1v) is 16.1.